The summed E-state index contributed by atoms with van der Waals surface area (Å²) in [6, 6.07) is 1.28. The molecule has 0 spiro atoms. The number of aliphatic hydroxyl groups excluding tert-OH is 1. The van der Waals surface area contributed by atoms with Crippen LogP contribution in [0.4, 0.5) is 10.2 Å². The lowest BCUT2D eigenvalue weighted by Gasteiger charge is -2.30. The number of aliphatic hydroxyl groups is 1. The first-order chi connectivity index (χ1) is 14.4. The zero-order valence-corrected chi connectivity index (χ0v) is 16.8. The molecule has 2 heterocycles. The van der Waals surface area contributed by atoms with Crippen LogP contribution in [0, 0.1) is 0 Å². The topological polar surface area (TPSA) is 165 Å². The second-order valence-electron chi connectivity index (χ2n) is 7.18. The minimum absolute atomic E-state index is 0.0572. The minimum atomic E-state index is -2.02. The summed E-state index contributed by atoms with van der Waals surface area (Å²) in [5.41, 5.74) is 11.4. The zero-order chi connectivity index (χ0) is 22.1. The van der Waals surface area contributed by atoms with Crippen molar-refractivity contribution in [2.24, 2.45) is 5.11 Å². The normalized spacial score (nSPS) is 25.6. The Labute approximate surface area is 172 Å². The highest BCUT2D eigenvalue weighted by molar-refractivity contribution is 5.69. The Morgan fingerprint density at radius 2 is 2.23 bits per heavy atom. The van der Waals surface area contributed by atoms with E-state index < -0.39 is 48.9 Å². The highest BCUT2D eigenvalue weighted by Gasteiger charge is 2.58. The van der Waals surface area contributed by atoms with E-state index in [-0.39, 0.29) is 12.2 Å². The molecule has 0 aliphatic carbocycles. The molecule has 1 aliphatic heterocycles. The van der Waals surface area contributed by atoms with Crippen LogP contribution in [-0.4, -0.2) is 51.7 Å². The van der Waals surface area contributed by atoms with Crippen molar-refractivity contribution >= 4 is 11.8 Å². The molecule has 12 heteroatoms. The van der Waals surface area contributed by atoms with Crippen molar-refractivity contribution in [1.29, 1.82) is 0 Å². The Hall–Kier alpha value is -2.69. The minimum Gasteiger partial charge on any atom is -0.456 e. The highest BCUT2D eigenvalue weighted by Crippen LogP contribution is 2.41. The van der Waals surface area contributed by atoms with Crippen LogP contribution in [0.2, 0.25) is 0 Å². The van der Waals surface area contributed by atoms with Crippen molar-refractivity contribution in [2.75, 3.05) is 18.9 Å². The molecule has 1 aliphatic rings. The molecule has 3 N–H and O–H groups in total. The maximum atomic E-state index is 15.3. The predicted octanol–water partition coefficient (Wildman–Crippen LogP) is 2.01. The van der Waals surface area contributed by atoms with E-state index in [9.17, 15) is 14.7 Å². The summed E-state index contributed by atoms with van der Waals surface area (Å²) < 4.78 is 27.1. The van der Waals surface area contributed by atoms with Gasteiger partial charge in [-0.15, -0.1) is 0 Å². The Kier molecular flexibility index (Phi) is 8.58. The fraction of sp³-hybridized carbons (Fsp3) is 0.722. The van der Waals surface area contributed by atoms with Crippen molar-refractivity contribution in [3.05, 3.63) is 33.2 Å². The van der Waals surface area contributed by atoms with E-state index in [4.69, 9.17) is 20.7 Å². The molecular weight excluding hydrogens is 399 g/mol. The van der Waals surface area contributed by atoms with E-state index >= 15 is 4.39 Å². The smallest absolute Gasteiger partial charge is 0.351 e. The van der Waals surface area contributed by atoms with Crippen molar-refractivity contribution < 1.29 is 23.8 Å². The molecule has 1 unspecified atom stereocenters. The monoisotopic (exact) mass is 426 g/mol. The largest absolute Gasteiger partial charge is 0.456 e. The summed E-state index contributed by atoms with van der Waals surface area (Å²) in [7, 11) is 0. The maximum absolute atomic E-state index is 15.3. The van der Waals surface area contributed by atoms with Gasteiger partial charge in [0.1, 0.15) is 11.4 Å². The number of hydrogen-bond acceptors (Lipinski definition) is 8. The molecule has 0 radical (unpaired) electrons. The summed E-state index contributed by atoms with van der Waals surface area (Å²) in [6.07, 6.45) is 0.640. The summed E-state index contributed by atoms with van der Waals surface area (Å²) in [5, 5.41) is 13.3. The molecule has 1 aromatic heterocycles. The number of alkyl halides is 1. The summed E-state index contributed by atoms with van der Waals surface area (Å²) in [5.74, 6) is -0.719. The lowest BCUT2D eigenvalue weighted by molar-refractivity contribution is -0.167. The lowest BCUT2D eigenvalue weighted by Crippen LogP contribution is -2.50. The molecule has 166 valence electrons. The van der Waals surface area contributed by atoms with Gasteiger partial charge in [0.15, 0.2) is 18.5 Å². The number of azide groups is 1. The molecule has 0 aromatic carbocycles. The maximum Gasteiger partial charge on any atom is 0.351 e. The number of nitrogens with two attached hydrogens (primary N) is 1. The third kappa shape index (κ3) is 5.47. The molecule has 4 atom stereocenters. The third-order valence-corrected chi connectivity index (χ3v) is 4.97. The van der Waals surface area contributed by atoms with Crippen LogP contribution < -0.4 is 11.4 Å². The first kappa shape index (κ1) is 23.6. The van der Waals surface area contributed by atoms with Gasteiger partial charge in [-0.3, -0.25) is 9.36 Å². The van der Waals surface area contributed by atoms with Crippen molar-refractivity contribution in [3.63, 3.8) is 0 Å². The number of carbonyl (C=O) groups is 1. The van der Waals surface area contributed by atoms with Crippen molar-refractivity contribution in [2.45, 2.75) is 69.6 Å². The van der Waals surface area contributed by atoms with Crippen LogP contribution in [0.25, 0.3) is 10.4 Å². The summed E-state index contributed by atoms with van der Waals surface area (Å²) in [6.45, 7) is 0.781. The third-order valence-electron chi connectivity index (χ3n) is 4.97. The lowest BCUT2D eigenvalue weighted by atomic mass is 9.96. The second-order valence-corrected chi connectivity index (χ2v) is 7.18. The zero-order valence-electron chi connectivity index (χ0n) is 16.8. The van der Waals surface area contributed by atoms with Crippen LogP contribution in [0.15, 0.2) is 22.2 Å². The number of rotatable bonds is 11. The second kappa shape index (κ2) is 10.9. The summed E-state index contributed by atoms with van der Waals surface area (Å²) in [4.78, 5) is 30.5. The Morgan fingerprint density at radius 1 is 1.50 bits per heavy atom. The number of nitrogen functional groups attached to an aromatic ring is 1. The molecule has 0 amide bonds. The van der Waals surface area contributed by atoms with Gasteiger partial charge in [-0.1, -0.05) is 37.7 Å². The van der Waals surface area contributed by atoms with Gasteiger partial charge in [0, 0.05) is 17.5 Å². The van der Waals surface area contributed by atoms with E-state index in [2.05, 4.69) is 21.9 Å². The fourth-order valence-corrected chi connectivity index (χ4v) is 3.34. The quantitative estimate of drug-likeness (QED) is 0.179. The summed E-state index contributed by atoms with van der Waals surface area (Å²) >= 11 is 0. The number of halogens is 1. The first-order valence-corrected chi connectivity index (χ1v) is 9.86. The number of nitrogens with zero attached hydrogens (tertiary/aromatic N) is 5. The highest BCUT2D eigenvalue weighted by atomic mass is 19.1. The number of ether oxygens (including phenoxy) is 2. The Morgan fingerprint density at radius 3 is 2.87 bits per heavy atom. The Bertz CT molecular complexity index is 830. The number of anilines is 1. The van der Waals surface area contributed by atoms with Crippen LogP contribution in [0.5, 0.6) is 0 Å². The van der Waals surface area contributed by atoms with Gasteiger partial charge in [-0.2, -0.15) is 4.98 Å². The van der Waals surface area contributed by atoms with Crippen LogP contribution in [0.1, 0.15) is 51.7 Å². The van der Waals surface area contributed by atoms with Crippen LogP contribution in [-0.2, 0) is 14.3 Å². The van der Waals surface area contributed by atoms with Crippen molar-refractivity contribution in [3.8, 4) is 0 Å². The number of aromatic nitrogens is 2. The molecule has 1 aromatic rings. The van der Waals surface area contributed by atoms with Crippen LogP contribution in [0.3, 0.4) is 0 Å². The van der Waals surface area contributed by atoms with Gasteiger partial charge in [-0.05, 0) is 18.0 Å². The average Bonchev–Trinajstić information content (AvgIpc) is 2.98. The molecule has 2 rings (SSSR count). The fourth-order valence-electron chi connectivity index (χ4n) is 3.34. The molecule has 1 fully saturated rings. The number of hydrogen-bond donors (Lipinski definition) is 2. The molecule has 11 nitrogen and oxygen atoms in total. The van der Waals surface area contributed by atoms with Gasteiger partial charge in [0.05, 0.1) is 13.2 Å². The van der Waals surface area contributed by atoms with Gasteiger partial charge in [0.25, 0.3) is 0 Å². The van der Waals surface area contributed by atoms with Gasteiger partial charge >= 0.3 is 11.7 Å². The molecular formula is C18H27FN6O5. The molecule has 1 saturated heterocycles. The van der Waals surface area contributed by atoms with E-state index in [1.54, 1.807) is 0 Å². The number of carbonyl (C=O) groups excluding carboxylic acids is 1. The van der Waals surface area contributed by atoms with E-state index in [1.165, 1.54) is 12.3 Å². The molecule has 0 saturated carbocycles. The van der Waals surface area contributed by atoms with Gasteiger partial charge in [0.2, 0.25) is 0 Å². The van der Waals surface area contributed by atoms with E-state index in [1.807, 2.05) is 0 Å². The average molecular weight is 426 g/mol. The Balaban J connectivity index is 2.21. The predicted molar refractivity (Wildman–Crippen MR) is 105 cm³/mol. The SMILES string of the molecule is CCCCCCCC(=O)O[C@H]1[C@@H](F)C(n2ccc(N)nc2=O)O[C@@]1(CO)CN=[N+]=[N-]. The molecule has 30 heavy (non-hydrogen) atoms. The number of esters is 1. The number of unbranched alkanes of at least 4 members (excludes halogenated alkanes) is 4. The van der Waals surface area contributed by atoms with Crippen molar-refractivity contribution in [1.82, 2.24) is 9.55 Å². The van der Waals surface area contributed by atoms with E-state index in [0.717, 1.165) is 30.3 Å². The van der Waals surface area contributed by atoms with Gasteiger partial charge < -0.3 is 20.3 Å². The van der Waals surface area contributed by atoms with E-state index in [0.29, 0.717) is 6.42 Å². The van der Waals surface area contributed by atoms with Gasteiger partial charge in [-0.25, -0.2) is 9.18 Å². The van der Waals surface area contributed by atoms with Crippen LogP contribution >= 0.6 is 0 Å². The standard InChI is InChI=1S/C18H27FN6O5/c1-2-3-4-5-6-7-13(27)29-15-14(19)16(25-9-8-12(20)23-17(25)28)30-18(15,11-26)10-22-24-21/h8-9,14-16,26H,2-7,10-11H2,1H3,(H2,20,23,28)/t14-,15+,16?,18-/m1/s1. The first-order valence-electron chi connectivity index (χ1n) is 9.86. The molecule has 0 bridgehead atoms.